The quantitative estimate of drug-likeness (QED) is 0.861. The lowest BCUT2D eigenvalue weighted by Crippen LogP contribution is -2.42. The summed E-state index contributed by atoms with van der Waals surface area (Å²) in [7, 11) is 0. The first-order valence-electron chi connectivity index (χ1n) is 8.40. The zero-order chi connectivity index (χ0) is 13.8. The highest BCUT2D eigenvalue weighted by molar-refractivity contribution is 5.40. The highest BCUT2D eigenvalue weighted by Gasteiger charge is 2.30. The molecule has 2 heteroatoms. The van der Waals surface area contributed by atoms with Crippen molar-refractivity contribution in [1.82, 2.24) is 4.90 Å². The number of benzene rings is 1. The smallest absolute Gasteiger partial charge is 0.00955 e. The molecule has 0 radical (unpaired) electrons. The van der Waals surface area contributed by atoms with Crippen molar-refractivity contribution in [2.75, 3.05) is 19.6 Å². The molecule has 1 aromatic rings. The van der Waals surface area contributed by atoms with Crippen LogP contribution in [0.3, 0.4) is 0 Å². The highest BCUT2D eigenvalue weighted by atomic mass is 15.2. The molecule has 2 aliphatic carbocycles. The van der Waals surface area contributed by atoms with E-state index >= 15 is 0 Å². The molecule has 0 bridgehead atoms. The van der Waals surface area contributed by atoms with E-state index in [4.69, 9.17) is 5.73 Å². The van der Waals surface area contributed by atoms with E-state index in [1.54, 1.807) is 11.1 Å². The summed E-state index contributed by atoms with van der Waals surface area (Å²) in [6.07, 6.45) is 9.51. The van der Waals surface area contributed by atoms with Crippen LogP contribution in [0.15, 0.2) is 24.3 Å². The Balaban J connectivity index is 1.61. The fraction of sp³-hybridized carbons (Fsp3) is 0.667. The minimum atomic E-state index is 0.769. The zero-order valence-corrected chi connectivity index (χ0v) is 12.6. The number of fused-ring (bicyclic) bond motifs is 1. The van der Waals surface area contributed by atoms with Gasteiger partial charge in [0.1, 0.15) is 0 Å². The number of rotatable bonds is 6. The first-order valence-corrected chi connectivity index (χ1v) is 8.40. The molecule has 2 nitrogen and oxygen atoms in total. The molecule has 2 aliphatic rings. The van der Waals surface area contributed by atoms with Crippen LogP contribution in [0.2, 0.25) is 0 Å². The zero-order valence-electron chi connectivity index (χ0n) is 12.6. The van der Waals surface area contributed by atoms with Gasteiger partial charge in [0.2, 0.25) is 0 Å². The Bertz CT molecular complexity index is 423. The van der Waals surface area contributed by atoms with Crippen molar-refractivity contribution in [2.24, 2.45) is 5.73 Å². The van der Waals surface area contributed by atoms with Gasteiger partial charge in [0.15, 0.2) is 0 Å². The van der Waals surface area contributed by atoms with E-state index in [9.17, 15) is 0 Å². The van der Waals surface area contributed by atoms with Crippen LogP contribution in [0, 0.1) is 0 Å². The lowest BCUT2D eigenvalue weighted by Gasteiger charge is -2.40. The Kier molecular flexibility index (Phi) is 4.74. The van der Waals surface area contributed by atoms with Gasteiger partial charge < -0.3 is 5.73 Å². The van der Waals surface area contributed by atoms with Crippen LogP contribution in [0.1, 0.15) is 55.6 Å². The largest absolute Gasteiger partial charge is 0.330 e. The molecule has 1 aromatic carbocycles. The third-order valence-corrected chi connectivity index (χ3v) is 5.16. The second-order valence-corrected chi connectivity index (χ2v) is 6.53. The molecule has 3 rings (SSSR count). The third-order valence-electron chi connectivity index (χ3n) is 5.16. The fourth-order valence-electron chi connectivity index (χ4n) is 3.97. The van der Waals surface area contributed by atoms with Gasteiger partial charge in [0.05, 0.1) is 0 Å². The number of nitrogens with zero attached hydrogens (tertiary/aromatic N) is 1. The predicted molar refractivity (Wildman–Crippen MR) is 85.0 cm³/mol. The molecular formula is C18H28N2. The Morgan fingerprint density at radius 3 is 2.65 bits per heavy atom. The Labute approximate surface area is 123 Å². The Morgan fingerprint density at radius 1 is 1.10 bits per heavy atom. The van der Waals surface area contributed by atoms with Gasteiger partial charge >= 0.3 is 0 Å². The summed E-state index contributed by atoms with van der Waals surface area (Å²) in [4.78, 5) is 2.76. The lowest BCUT2D eigenvalue weighted by molar-refractivity contribution is 0.142. The van der Waals surface area contributed by atoms with E-state index in [0.717, 1.165) is 24.9 Å². The number of hydrogen-bond acceptors (Lipinski definition) is 2. The minimum Gasteiger partial charge on any atom is -0.330 e. The number of hydrogen-bond donors (Lipinski definition) is 1. The molecule has 0 amide bonds. The van der Waals surface area contributed by atoms with Crippen molar-refractivity contribution in [3.63, 3.8) is 0 Å². The van der Waals surface area contributed by atoms with Gasteiger partial charge in [-0.3, -0.25) is 4.90 Å². The second-order valence-electron chi connectivity index (χ2n) is 6.53. The molecule has 110 valence electrons. The maximum atomic E-state index is 5.73. The normalized spacial score (nSPS) is 22.6. The van der Waals surface area contributed by atoms with Crippen molar-refractivity contribution in [3.8, 4) is 0 Å². The summed E-state index contributed by atoms with van der Waals surface area (Å²) in [5.74, 6) is 0.769. The second kappa shape index (κ2) is 6.73. The molecule has 2 N–H and O–H groups in total. The summed E-state index contributed by atoms with van der Waals surface area (Å²) in [6.45, 7) is 3.27. The summed E-state index contributed by atoms with van der Waals surface area (Å²) in [5.41, 5.74) is 8.90. The van der Waals surface area contributed by atoms with E-state index in [1.807, 2.05) is 0 Å². The predicted octanol–water partition coefficient (Wildman–Crippen LogP) is 3.31. The van der Waals surface area contributed by atoms with Crippen molar-refractivity contribution in [2.45, 2.75) is 56.9 Å². The topological polar surface area (TPSA) is 29.3 Å². The molecule has 0 aromatic heterocycles. The Morgan fingerprint density at radius 2 is 1.90 bits per heavy atom. The first-order chi connectivity index (χ1) is 9.88. The van der Waals surface area contributed by atoms with Crippen LogP contribution in [-0.4, -0.2) is 30.6 Å². The van der Waals surface area contributed by atoms with Gasteiger partial charge in [-0.05, 0) is 49.9 Å². The number of nitrogens with two attached hydrogens (primary N) is 1. The lowest BCUT2D eigenvalue weighted by atomic mass is 9.77. The average molecular weight is 272 g/mol. The van der Waals surface area contributed by atoms with Gasteiger partial charge in [-0.1, -0.05) is 43.5 Å². The first kappa shape index (κ1) is 14.1. The maximum Gasteiger partial charge on any atom is 0.00955 e. The monoisotopic (exact) mass is 272 g/mol. The highest BCUT2D eigenvalue weighted by Crippen LogP contribution is 2.36. The summed E-state index contributed by atoms with van der Waals surface area (Å²) < 4.78 is 0. The van der Waals surface area contributed by atoms with Gasteiger partial charge in [0.25, 0.3) is 0 Å². The molecular weight excluding hydrogens is 244 g/mol. The standard InChI is InChI=1S/C18H28N2/c19-11-6-12-20(17-8-2-1-3-9-17)14-16-13-15-7-4-5-10-18(15)16/h4-5,7,10,16-17H,1-3,6,8-9,11-14,19H2. The van der Waals surface area contributed by atoms with Crippen molar-refractivity contribution in [3.05, 3.63) is 35.4 Å². The third kappa shape index (κ3) is 3.07. The van der Waals surface area contributed by atoms with Crippen molar-refractivity contribution in [1.29, 1.82) is 0 Å². The van der Waals surface area contributed by atoms with E-state index in [0.29, 0.717) is 0 Å². The molecule has 20 heavy (non-hydrogen) atoms. The fourth-order valence-corrected chi connectivity index (χ4v) is 3.97. The van der Waals surface area contributed by atoms with Gasteiger partial charge in [-0.15, -0.1) is 0 Å². The van der Waals surface area contributed by atoms with Gasteiger partial charge in [0, 0.05) is 18.5 Å². The molecule has 1 atom stereocenters. The summed E-state index contributed by atoms with van der Waals surface area (Å²) in [5, 5.41) is 0. The maximum absolute atomic E-state index is 5.73. The molecule has 0 heterocycles. The van der Waals surface area contributed by atoms with Crippen LogP contribution in [0.5, 0.6) is 0 Å². The van der Waals surface area contributed by atoms with Crippen LogP contribution < -0.4 is 5.73 Å². The minimum absolute atomic E-state index is 0.769. The molecule has 0 aliphatic heterocycles. The van der Waals surface area contributed by atoms with E-state index < -0.39 is 0 Å². The van der Waals surface area contributed by atoms with E-state index in [-0.39, 0.29) is 0 Å². The van der Waals surface area contributed by atoms with Crippen LogP contribution >= 0.6 is 0 Å². The summed E-state index contributed by atoms with van der Waals surface area (Å²) >= 11 is 0. The van der Waals surface area contributed by atoms with Gasteiger partial charge in [-0.25, -0.2) is 0 Å². The van der Waals surface area contributed by atoms with Crippen molar-refractivity contribution < 1.29 is 0 Å². The van der Waals surface area contributed by atoms with Gasteiger partial charge in [-0.2, -0.15) is 0 Å². The SMILES string of the molecule is NCCCN(CC1Cc2ccccc21)C1CCCCC1. The summed E-state index contributed by atoms with van der Waals surface area (Å²) in [6, 6.07) is 9.79. The molecule has 1 saturated carbocycles. The van der Waals surface area contributed by atoms with Crippen molar-refractivity contribution >= 4 is 0 Å². The van der Waals surface area contributed by atoms with Crippen LogP contribution in [-0.2, 0) is 6.42 Å². The molecule has 0 spiro atoms. The molecule has 1 unspecified atom stereocenters. The van der Waals surface area contributed by atoms with E-state index in [2.05, 4.69) is 29.2 Å². The van der Waals surface area contributed by atoms with Crippen LogP contribution in [0.25, 0.3) is 0 Å². The Hall–Kier alpha value is -0.860. The van der Waals surface area contributed by atoms with Crippen LogP contribution in [0.4, 0.5) is 0 Å². The van der Waals surface area contributed by atoms with E-state index in [1.165, 1.54) is 51.6 Å². The average Bonchev–Trinajstić information content (AvgIpc) is 2.49. The molecule has 0 saturated heterocycles. The molecule has 1 fully saturated rings.